The summed E-state index contributed by atoms with van der Waals surface area (Å²) in [5.74, 6) is 2.00. The van der Waals surface area contributed by atoms with Crippen molar-refractivity contribution < 1.29 is 0 Å². The maximum atomic E-state index is 4.74. The lowest BCUT2D eigenvalue weighted by molar-refractivity contribution is 0.188. The maximum Gasteiger partial charge on any atom is 0.123 e. The van der Waals surface area contributed by atoms with Crippen molar-refractivity contribution in [1.82, 2.24) is 20.2 Å². The zero-order valence-corrected chi connectivity index (χ0v) is 14.6. The van der Waals surface area contributed by atoms with Gasteiger partial charge in [0.05, 0.1) is 17.9 Å². The highest BCUT2D eigenvalue weighted by molar-refractivity contribution is 5.59. The van der Waals surface area contributed by atoms with Crippen molar-refractivity contribution in [3.63, 3.8) is 0 Å². The molecule has 0 aliphatic carbocycles. The first-order valence-electron chi connectivity index (χ1n) is 9.36. The molecular weight excluding hydrogens is 296 g/mol. The minimum absolute atomic E-state index is 0.471. The highest BCUT2D eigenvalue weighted by Gasteiger charge is 2.30. The molecule has 2 aliphatic rings. The number of nitrogens with one attached hydrogen (secondary N) is 2. The molecule has 2 fully saturated rings. The van der Waals surface area contributed by atoms with E-state index in [1.54, 1.807) is 0 Å². The number of aromatic amines is 1. The quantitative estimate of drug-likeness (QED) is 0.904. The SMILES string of the molecule is Cc1cccc(-c2cnc(C3CCCN3CC3CCNCC3)[nH]2)c1. The van der Waals surface area contributed by atoms with Gasteiger partial charge in [0.25, 0.3) is 0 Å². The van der Waals surface area contributed by atoms with Gasteiger partial charge in [0.1, 0.15) is 5.82 Å². The molecule has 1 aromatic carbocycles. The van der Waals surface area contributed by atoms with Gasteiger partial charge in [-0.25, -0.2) is 4.98 Å². The van der Waals surface area contributed by atoms with Gasteiger partial charge in [0, 0.05) is 6.54 Å². The fourth-order valence-electron chi connectivity index (χ4n) is 4.22. The van der Waals surface area contributed by atoms with Crippen LogP contribution in [0.15, 0.2) is 30.5 Å². The van der Waals surface area contributed by atoms with Crippen LogP contribution in [-0.4, -0.2) is 41.0 Å². The minimum atomic E-state index is 0.471. The van der Waals surface area contributed by atoms with Crippen LogP contribution in [0.5, 0.6) is 0 Å². The number of H-pyrrole nitrogens is 1. The van der Waals surface area contributed by atoms with Crippen molar-refractivity contribution in [1.29, 1.82) is 0 Å². The predicted molar refractivity (Wildman–Crippen MR) is 97.9 cm³/mol. The Kier molecular flexibility index (Phi) is 4.67. The zero-order valence-electron chi connectivity index (χ0n) is 14.6. The molecule has 128 valence electrons. The van der Waals surface area contributed by atoms with Crippen molar-refractivity contribution in [2.24, 2.45) is 5.92 Å². The van der Waals surface area contributed by atoms with Crippen molar-refractivity contribution in [2.75, 3.05) is 26.2 Å². The number of hydrogen-bond donors (Lipinski definition) is 2. The van der Waals surface area contributed by atoms with Crippen LogP contribution >= 0.6 is 0 Å². The van der Waals surface area contributed by atoms with Crippen molar-refractivity contribution in [3.05, 3.63) is 41.9 Å². The summed E-state index contributed by atoms with van der Waals surface area (Å²) >= 11 is 0. The van der Waals surface area contributed by atoms with Gasteiger partial charge in [-0.3, -0.25) is 4.90 Å². The molecule has 1 atom stereocenters. The van der Waals surface area contributed by atoms with Crippen LogP contribution in [0.2, 0.25) is 0 Å². The van der Waals surface area contributed by atoms with E-state index in [9.17, 15) is 0 Å². The molecule has 0 saturated carbocycles. The monoisotopic (exact) mass is 324 g/mol. The summed E-state index contributed by atoms with van der Waals surface area (Å²) in [6.45, 7) is 6.95. The molecule has 2 aliphatic heterocycles. The Morgan fingerprint density at radius 3 is 2.92 bits per heavy atom. The topological polar surface area (TPSA) is 44.0 Å². The highest BCUT2D eigenvalue weighted by Crippen LogP contribution is 2.33. The van der Waals surface area contributed by atoms with Gasteiger partial charge in [-0.05, 0) is 69.8 Å². The van der Waals surface area contributed by atoms with Crippen molar-refractivity contribution in [2.45, 2.75) is 38.6 Å². The fraction of sp³-hybridized carbons (Fsp3) is 0.550. The third-order valence-corrected chi connectivity index (χ3v) is 5.56. The first kappa shape index (κ1) is 15.9. The lowest BCUT2D eigenvalue weighted by Gasteiger charge is -2.30. The molecule has 0 bridgehead atoms. The van der Waals surface area contributed by atoms with E-state index in [1.165, 1.54) is 63.0 Å². The first-order chi connectivity index (χ1) is 11.8. The largest absolute Gasteiger partial charge is 0.341 e. The summed E-state index contributed by atoms with van der Waals surface area (Å²) in [6, 6.07) is 9.10. The van der Waals surface area contributed by atoms with Crippen LogP contribution < -0.4 is 5.32 Å². The molecule has 4 nitrogen and oxygen atoms in total. The Morgan fingerprint density at radius 2 is 2.08 bits per heavy atom. The fourth-order valence-corrected chi connectivity index (χ4v) is 4.22. The van der Waals surface area contributed by atoms with E-state index < -0.39 is 0 Å². The smallest absolute Gasteiger partial charge is 0.123 e. The molecule has 2 aromatic rings. The van der Waals surface area contributed by atoms with Crippen molar-refractivity contribution >= 4 is 0 Å². The summed E-state index contributed by atoms with van der Waals surface area (Å²) in [5, 5.41) is 3.47. The molecule has 0 spiro atoms. The van der Waals surface area contributed by atoms with E-state index in [2.05, 4.69) is 46.4 Å². The molecular formula is C20H28N4. The summed E-state index contributed by atoms with van der Waals surface area (Å²) in [6.07, 6.45) is 7.15. The number of nitrogens with zero attached hydrogens (tertiary/aromatic N) is 2. The van der Waals surface area contributed by atoms with Gasteiger partial charge in [-0.15, -0.1) is 0 Å². The molecule has 1 aromatic heterocycles. The standard InChI is InChI=1S/C20H28N4/c1-15-4-2-5-17(12-15)18-13-22-20(23-18)19-6-3-11-24(19)14-16-7-9-21-10-8-16/h2,4-5,12-13,16,19,21H,3,6-11,14H2,1H3,(H,22,23). The van der Waals surface area contributed by atoms with Crippen LogP contribution in [0, 0.1) is 12.8 Å². The Hall–Kier alpha value is -1.65. The van der Waals surface area contributed by atoms with Gasteiger partial charge < -0.3 is 10.3 Å². The van der Waals surface area contributed by atoms with E-state index in [-0.39, 0.29) is 0 Å². The third kappa shape index (κ3) is 3.40. The van der Waals surface area contributed by atoms with Gasteiger partial charge in [0.15, 0.2) is 0 Å². The second kappa shape index (κ2) is 7.08. The van der Waals surface area contributed by atoms with Gasteiger partial charge >= 0.3 is 0 Å². The average molecular weight is 324 g/mol. The number of benzene rings is 1. The highest BCUT2D eigenvalue weighted by atomic mass is 15.2. The normalized spacial score (nSPS) is 23.0. The number of likely N-dealkylation sites (tertiary alicyclic amines) is 1. The average Bonchev–Trinajstić information content (AvgIpc) is 3.25. The van der Waals surface area contributed by atoms with Crippen LogP contribution in [0.3, 0.4) is 0 Å². The third-order valence-electron chi connectivity index (χ3n) is 5.56. The van der Waals surface area contributed by atoms with Crippen LogP contribution in [0.25, 0.3) is 11.3 Å². The second-order valence-electron chi connectivity index (χ2n) is 7.40. The molecule has 24 heavy (non-hydrogen) atoms. The Morgan fingerprint density at radius 1 is 1.21 bits per heavy atom. The number of imidazole rings is 1. The predicted octanol–water partition coefficient (Wildman–Crippen LogP) is 3.52. The van der Waals surface area contributed by atoms with E-state index in [0.29, 0.717) is 6.04 Å². The molecule has 2 N–H and O–H groups in total. The molecule has 4 heteroatoms. The maximum absolute atomic E-state index is 4.74. The lowest BCUT2D eigenvalue weighted by Crippen LogP contribution is -2.36. The molecule has 0 amide bonds. The van der Waals surface area contributed by atoms with Gasteiger partial charge in [0.2, 0.25) is 0 Å². The van der Waals surface area contributed by atoms with Crippen LogP contribution in [0.1, 0.15) is 43.1 Å². The lowest BCUT2D eigenvalue weighted by atomic mass is 9.97. The number of hydrogen-bond acceptors (Lipinski definition) is 3. The van der Waals surface area contributed by atoms with Crippen LogP contribution in [0.4, 0.5) is 0 Å². The summed E-state index contributed by atoms with van der Waals surface area (Å²) in [5.41, 5.74) is 3.66. The minimum Gasteiger partial charge on any atom is -0.341 e. The number of piperidine rings is 1. The summed E-state index contributed by atoms with van der Waals surface area (Å²) in [4.78, 5) is 11.0. The van der Waals surface area contributed by atoms with E-state index >= 15 is 0 Å². The number of aromatic nitrogens is 2. The molecule has 0 radical (unpaired) electrons. The number of aryl methyl sites for hydroxylation is 1. The Bertz CT molecular complexity index is 672. The number of rotatable bonds is 4. The molecule has 4 rings (SSSR count). The second-order valence-corrected chi connectivity index (χ2v) is 7.40. The molecule has 1 unspecified atom stereocenters. The first-order valence-corrected chi connectivity index (χ1v) is 9.36. The van der Waals surface area contributed by atoms with Crippen molar-refractivity contribution in [3.8, 4) is 11.3 Å². The van der Waals surface area contributed by atoms with Gasteiger partial charge in [-0.1, -0.05) is 23.8 Å². The zero-order chi connectivity index (χ0) is 16.4. The van der Waals surface area contributed by atoms with Gasteiger partial charge in [-0.2, -0.15) is 0 Å². The van der Waals surface area contributed by atoms with E-state index in [0.717, 1.165) is 17.4 Å². The Labute approximate surface area is 144 Å². The Balaban J connectivity index is 1.48. The van der Waals surface area contributed by atoms with E-state index in [4.69, 9.17) is 4.98 Å². The van der Waals surface area contributed by atoms with E-state index in [1.807, 2.05) is 6.20 Å². The summed E-state index contributed by atoms with van der Waals surface area (Å²) in [7, 11) is 0. The molecule has 2 saturated heterocycles. The van der Waals surface area contributed by atoms with Crippen LogP contribution in [-0.2, 0) is 0 Å². The molecule has 3 heterocycles. The summed E-state index contributed by atoms with van der Waals surface area (Å²) < 4.78 is 0.